The van der Waals surface area contributed by atoms with Gasteiger partial charge in [-0.3, -0.25) is 0 Å². The molecule has 5 nitrogen and oxygen atoms in total. The first-order valence-corrected chi connectivity index (χ1v) is 12.3. The molecule has 0 bridgehead atoms. The first-order chi connectivity index (χ1) is 18.8. The summed E-state index contributed by atoms with van der Waals surface area (Å²) >= 11 is 0. The fourth-order valence-electron chi connectivity index (χ4n) is 4.13. The molecule has 0 aliphatic heterocycles. The molecule has 212 valence electrons. The van der Waals surface area contributed by atoms with Gasteiger partial charge in [0, 0.05) is 23.4 Å². The van der Waals surface area contributed by atoms with Crippen LogP contribution in [0.2, 0.25) is 0 Å². The van der Waals surface area contributed by atoms with Crippen molar-refractivity contribution in [2.45, 2.75) is 45.0 Å². The smallest absolute Gasteiger partial charge is 0.430 e. The normalized spacial score (nSPS) is 12.4. The van der Waals surface area contributed by atoms with Gasteiger partial charge in [-0.05, 0) is 49.7 Å². The van der Waals surface area contributed by atoms with Gasteiger partial charge in [0.15, 0.2) is 0 Å². The van der Waals surface area contributed by atoms with Gasteiger partial charge in [-0.1, -0.05) is 48.5 Å². The number of hydrogen-bond donors (Lipinski definition) is 1. The number of aromatic nitrogens is 1. The van der Waals surface area contributed by atoms with Gasteiger partial charge in [0.1, 0.15) is 23.8 Å². The maximum absolute atomic E-state index is 13.2. The molecule has 0 amide bonds. The zero-order valence-electron chi connectivity index (χ0n) is 21.6. The lowest BCUT2D eigenvalue weighted by atomic mass is 9.92. The zero-order chi connectivity index (χ0) is 29.1. The quantitative estimate of drug-likeness (QED) is 0.213. The molecule has 0 atom stereocenters. The van der Waals surface area contributed by atoms with E-state index in [0.29, 0.717) is 59.6 Å². The first kappa shape index (κ1) is 29.0. The lowest BCUT2D eigenvalue weighted by Crippen LogP contribution is -2.53. The van der Waals surface area contributed by atoms with E-state index in [9.17, 15) is 31.4 Å². The Morgan fingerprint density at radius 2 is 1.52 bits per heavy atom. The van der Waals surface area contributed by atoms with E-state index < -0.39 is 23.5 Å². The van der Waals surface area contributed by atoms with Crippen LogP contribution in [0.15, 0.2) is 83.3 Å². The van der Waals surface area contributed by atoms with Crippen LogP contribution in [0.4, 0.5) is 32.0 Å². The van der Waals surface area contributed by atoms with E-state index >= 15 is 0 Å². The van der Waals surface area contributed by atoms with Gasteiger partial charge in [-0.15, -0.1) is 0 Å². The van der Waals surface area contributed by atoms with Crippen molar-refractivity contribution in [1.82, 2.24) is 4.98 Å². The van der Waals surface area contributed by atoms with E-state index in [4.69, 9.17) is 9.15 Å². The van der Waals surface area contributed by atoms with Crippen LogP contribution in [0.1, 0.15) is 29.5 Å². The fraction of sp³-hybridized carbons (Fsp3) is 0.276. The number of ether oxygens (including phenoxy) is 1. The van der Waals surface area contributed by atoms with Crippen LogP contribution in [0.5, 0.6) is 5.75 Å². The molecule has 0 saturated carbocycles. The highest BCUT2D eigenvalue weighted by Gasteiger charge is 2.71. The van der Waals surface area contributed by atoms with Crippen LogP contribution in [0, 0.1) is 6.92 Å². The number of halogens is 6. The molecule has 1 N–H and O–H groups in total. The van der Waals surface area contributed by atoms with Crippen molar-refractivity contribution in [2.75, 3.05) is 11.4 Å². The van der Waals surface area contributed by atoms with Gasteiger partial charge in [-0.2, -0.15) is 26.3 Å². The summed E-state index contributed by atoms with van der Waals surface area (Å²) in [5.74, 6) is 1.46. The number of aryl methyl sites for hydroxylation is 1. The van der Waals surface area contributed by atoms with Crippen LogP contribution < -0.4 is 9.64 Å². The highest BCUT2D eigenvalue weighted by Crippen LogP contribution is 2.50. The van der Waals surface area contributed by atoms with E-state index in [0.717, 1.165) is 17.7 Å². The van der Waals surface area contributed by atoms with Gasteiger partial charge < -0.3 is 19.2 Å². The molecule has 1 heterocycles. The number of oxazole rings is 1. The van der Waals surface area contributed by atoms with Gasteiger partial charge in [0.05, 0.1) is 6.54 Å². The second kappa shape index (κ2) is 11.2. The maximum atomic E-state index is 13.2. The third-order valence-corrected chi connectivity index (χ3v) is 6.42. The Bertz CT molecular complexity index is 1400. The number of hydrogen-bond acceptors (Lipinski definition) is 5. The number of anilines is 1. The van der Waals surface area contributed by atoms with E-state index in [1.54, 1.807) is 30.9 Å². The number of alkyl halides is 6. The van der Waals surface area contributed by atoms with Gasteiger partial charge in [0.25, 0.3) is 5.60 Å². The van der Waals surface area contributed by atoms with E-state index in [1.807, 2.05) is 42.5 Å². The van der Waals surface area contributed by atoms with Gasteiger partial charge >= 0.3 is 12.4 Å². The zero-order valence-corrected chi connectivity index (χ0v) is 21.6. The van der Waals surface area contributed by atoms with Crippen molar-refractivity contribution in [2.24, 2.45) is 0 Å². The summed E-state index contributed by atoms with van der Waals surface area (Å²) in [6, 6.07) is 20.3. The van der Waals surface area contributed by atoms with E-state index in [-0.39, 0.29) is 6.54 Å². The molecule has 40 heavy (non-hydrogen) atoms. The van der Waals surface area contributed by atoms with Crippen LogP contribution in [-0.4, -0.2) is 29.0 Å². The lowest BCUT2D eigenvalue weighted by molar-refractivity contribution is -0.376. The Labute approximate surface area is 226 Å². The SMILES string of the molecule is CCN(Cc1nc(-c2cccc(OCc3ccccc3)c2)oc1C)c1ccc(C(O)(C(F)(F)F)C(F)(F)F)cc1. The monoisotopic (exact) mass is 564 g/mol. The van der Waals surface area contributed by atoms with Crippen LogP contribution in [0.3, 0.4) is 0 Å². The molecular formula is C29H26F6N2O3. The summed E-state index contributed by atoms with van der Waals surface area (Å²) in [5.41, 5.74) is -3.73. The van der Waals surface area contributed by atoms with E-state index in [2.05, 4.69) is 4.98 Å². The molecule has 0 unspecified atom stereocenters. The average Bonchev–Trinajstić information content (AvgIpc) is 3.29. The molecule has 0 radical (unpaired) electrons. The Balaban J connectivity index is 1.52. The van der Waals surface area contributed by atoms with Crippen LogP contribution in [0.25, 0.3) is 11.5 Å². The largest absolute Gasteiger partial charge is 0.489 e. The van der Waals surface area contributed by atoms with Crippen molar-refractivity contribution < 1.29 is 40.6 Å². The molecule has 0 saturated heterocycles. The minimum absolute atomic E-state index is 0.179. The average molecular weight is 565 g/mol. The van der Waals surface area contributed by atoms with Crippen molar-refractivity contribution in [3.05, 3.63) is 101 Å². The molecule has 0 spiro atoms. The van der Waals surface area contributed by atoms with Gasteiger partial charge in [0.2, 0.25) is 5.89 Å². The standard InChI is InChI=1S/C29H26F6N2O3/c1-3-37(23-14-12-22(13-15-23)27(38,28(30,31)32)29(33,34)35)17-25-19(2)40-26(36-25)21-10-7-11-24(16-21)39-18-20-8-5-4-6-9-20/h4-16,38H,3,17-18H2,1-2H3. The number of benzene rings is 3. The van der Waals surface area contributed by atoms with Gasteiger partial charge in [-0.25, -0.2) is 4.98 Å². The van der Waals surface area contributed by atoms with Crippen LogP contribution >= 0.6 is 0 Å². The summed E-state index contributed by atoms with van der Waals surface area (Å²) in [4.78, 5) is 6.28. The van der Waals surface area contributed by atoms with Crippen molar-refractivity contribution in [1.29, 1.82) is 0 Å². The molecule has 0 aliphatic carbocycles. The second-order valence-electron chi connectivity index (χ2n) is 9.09. The first-order valence-electron chi connectivity index (χ1n) is 12.3. The molecule has 11 heteroatoms. The molecule has 0 aliphatic rings. The topological polar surface area (TPSA) is 58.7 Å². The summed E-state index contributed by atoms with van der Waals surface area (Å²) in [5, 5.41) is 9.64. The number of aliphatic hydroxyl groups is 1. The molecular weight excluding hydrogens is 538 g/mol. The predicted molar refractivity (Wildman–Crippen MR) is 137 cm³/mol. The van der Waals surface area contributed by atoms with Crippen molar-refractivity contribution in [3.63, 3.8) is 0 Å². The fourth-order valence-corrected chi connectivity index (χ4v) is 4.13. The minimum Gasteiger partial charge on any atom is -0.489 e. The molecule has 4 rings (SSSR count). The summed E-state index contributed by atoms with van der Waals surface area (Å²) in [7, 11) is 0. The molecule has 1 aromatic heterocycles. The third kappa shape index (κ3) is 5.94. The van der Waals surface area contributed by atoms with Crippen molar-refractivity contribution >= 4 is 5.69 Å². The molecule has 3 aromatic carbocycles. The number of nitrogens with zero attached hydrogens (tertiary/aromatic N) is 2. The molecule has 0 fully saturated rings. The summed E-state index contributed by atoms with van der Waals surface area (Å²) in [6.45, 7) is 4.42. The predicted octanol–water partition coefficient (Wildman–Crippen LogP) is 7.57. The maximum Gasteiger partial charge on any atom is 0.430 e. The highest BCUT2D eigenvalue weighted by molar-refractivity contribution is 5.57. The number of rotatable bonds is 9. The lowest BCUT2D eigenvalue weighted by Gasteiger charge is -2.33. The summed E-state index contributed by atoms with van der Waals surface area (Å²) in [6.07, 6.45) is -11.9. The summed E-state index contributed by atoms with van der Waals surface area (Å²) < 4.78 is 91.1. The molecule has 4 aromatic rings. The third-order valence-electron chi connectivity index (χ3n) is 6.42. The Morgan fingerprint density at radius 1 is 0.875 bits per heavy atom. The Morgan fingerprint density at radius 3 is 2.12 bits per heavy atom. The van der Waals surface area contributed by atoms with Crippen molar-refractivity contribution in [3.8, 4) is 17.2 Å². The Kier molecular flexibility index (Phi) is 8.15. The van der Waals surface area contributed by atoms with E-state index in [1.165, 1.54) is 0 Å². The minimum atomic E-state index is -5.95. The second-order valence-corrected chi connectivity index (χ2v) is 9.09. The van der Waals surface area contributed by atoms with Crippen LogP contribution in [-0.2, 0) is 18.8 Å². The Hall–Kier alpha value is -3.99. The highest BCUT2D eigenvalue weighted by atomic mass is 19.4.